The molecule has 0 radical (unpaired) electrons. The summed E-state index contributed by atoms with van der Waals surface area (Å²) in [5, 5.41) is 8.13. The van der Waals surface area contributed by atoms with Gasteiger partial charge in [-0.05, 0) is 43.3 Å². The topological polar surface area (TPSA) is 79.5 Å². The van der Waals surface area contributed by atoms with Crippen LogP contribution in [0.3, 0.4) is 0 Å². The molecule has 0 aliphatic rings. The van der Waals surface area contributed by atoms with Gasteiger partial charge in [-0.2, -0.15) is 0 Å². The lowest BCUT2D eigenvalue weighted by atomic mass is 10.2. The summed E-state index contributed by atoms with van der Waals surface area (Å²) in [7, 11) is 1.56. The van der Waals surface area contributed by atoms with Crippen molar-refractivity contribution in [3.63, 3.8) is 0 Å². The van der Waals surface area contributed by atoms with Gasteiger partial charge in [0.2, 0.25) is 0 Å². The Balaban J connectivity index is 1.96. The number of urea groups is 1. The summed E-state index contributed by atoms with van der Waals surface area (Å²) < 4.78 is 5.10. The van der Waals surface area contributed by atoms with E-state index in [2.05, 4.69) is 16.0 Å². The Morgan fingerprint density at radius 2 is 1.70 bits per heavy atom. The zero-order valence-corrected chi connectivity index (χ0v) is 13.1. The van der Waals surface area contributed by atoms with E-state index in [-0.39, 0.29) is 11.9 Å². The number of anilines is 2. The van der Waals surface area contributed by atoms with Crippen LogP contribution in [0.2, 0.25) is 0 Å². The normalized spacial score (nSPS) is 9.83. The van der Waals surface area contributed by atoms with Crippen molar-refractivity contribution in [2.75, 3.05) is 24.3 Å². The number of carbonyl (C=O) groups excluding carboxylic acids is 2. The van der Waals surface area contributed by atoms with Crippen LogP contribution in [-0.2, 0) is 0 Å². The van der Waals surface area contributed by atoms with Gasteiger partial charge in [0.1, 0.15) is 5.75 Å². The fourth-order valence-corrected chi connectivity index (χ4v) is 1.96. The Bertz CT molecular complexity index is 684. The van der Waals surface area contributed by atoms with Crippen molar-refractivity contribution in [3.8, 4) is 5.75 Å². The standard InChI is InChI=1S/C17H19N3O3/c1-3-18-16(21)12-7-9-13(10-8-12)19-17(22)20-14-5-4-6-15(11-14)23-2/h4-11H,3H2,1-2H3,(H,18,21)(H2,19,20,22). The molecule has 0 aliphatic carbocycles. The maximum Gasteiger partial charge on any atom is 0.323 e. The first kappa shape index (κ1) is 16.4. The minimum absolute atomic E-state index is 0.139. The number of methoxy groups -OCH3 is 1. The number of amides is 3. The molecule has 6 nitrogen and oxygen atoms in total. The zero-order valence-electron chi connectivity index (χ0n) is 13.1. The van der Waals surface area contributed by atoms with Gasteiger partial charge in [0.15, 0.2) is 0 Å². The van der Waals surface area contributed by atoms with Gasteiger partial charge in [-0.25, -0.2) is 4.79 Å². The van der Waals surface area contributed by atoms with Crippen molar-refractivity contribution in [1.29, 1.82) is 0 Å². The van der Waals surface area contributed by atoms with Crippen molar-refractivity contribution in [2.45, 2.75) is 6.92 Å². The van der Waals surface area contributed by atoms with E-state index >= 15 is 0 Å². The van der Waals surface area contributed by atoms with Gasteiger partial charge in [-0.1, -0.05) is 6.07 Å². The summed E-state index contributed by atoms with van der Waals surface area (Å²) in [6, 6.07) is 13.4. The van der Waals surface area contributed by atoms with Crippen LogP contribution in [0.25, 0.3) is 0 Å². The quantitative estimate of drug-likeness (QED) is 0.793. The maximum atomic E-state index is 12.0. The number of hydrogen-bond acceptors (Lipinski definition) is 3. The van der Waals surface area contributed by atoms with Crippen LogP contribution in [0.15, 0.2) is 48.5 Å². The highest BCUT2D eigenvalue weighted by atomic mass is 16.5. The Morgan fingerprint density at radius 1 is 1.00 bits per heavy atom. The highest BCUT2D eigenvalue weighted by molar-refractivity contribution is 6.00. The van der Waals surface area contributed by atoms with E-state index in [0.29, 0.717) is 29.2 Å². The van der Waals surface area contributed by atoms with E-state index in [1.807, 2.05) is 6.92 Å². The number of nitrogens with one attached hydrogen (secondary N) is 3. The second-order valence-electron chi connectivity index (χ2n) is 4.75. The molecular weight excluding hydrogens is 294 g/mol. The molecule has 6 heteroatoms. The van der Waals surface area contributed by atoms with Gasteiger partial charge >= 0.3 is 6.03 Å². The predicted molar refractivity (Wildman–Crippen MR) is 90.1 cm³/mol. The van der Waals surface area contributed by atoms with Crippen LogP contribution in [0.4, 0.5) is 16.2 Å². The molecule has 2 aromatic carbocycles. The van der Waals surface area contributed by atoms with E-state index < -0.39 is 0 Å². The van der Waals surface area contributed by atoms with E-state index in [0.717, 1.165) is 0 Å². The molecular formula is C17H19N3O3. The summed E-state index contributed by atoms with van der Waals surface area (Å²) in [5.41, 5.74) is 1.77. The van der Waals surface area contributed by atoms with Crippen molar-refractivity contribution in [2.24, 2.45) is 0 Å². The van der Waals surface area contributed by atoms with Crippen LogP contribution in [0.5, 0.6) is 5.75 Å². The number of ether oxygens (including phenoxy) is 1. The molecule has 2 aromatic rings. The molecule has 0 fully saturated rings. The number of carbonyl (C=O) groups is 2. The highest BCUT2D eigenvalue weighted by Crippen LogP contribution is 2.17. The Hall–Kier alpha value is -3.02. The van der Waals surface area contributed by atoms with Crippen LogP contribution < -0.4 is 20.7 Å². The van der Waals surface area contributed by atoms with E-state index in [4.69, 9.17) is 4.74 Å². The van der Waals surface area contributed by atoms with Crippen molar-refractivity contribution in [1.82, 2.24) is 5.32 Å². The van der Waals surface area contributed by atoms with Crippen molar-refractivity contribution in [3.05, 3.63) is 54.1 Å². The third-order valence-corrected chi connectivity index (χ3v) is 3.07. The largest absolute Gasteiger partial charge is 0.497 e. The zero-order chi connectivity index (χ0) is 16.7. The molecule has 0 saturated carbocycles. The molecule has 0 aliphatic heterocycles. The molecule has 0 saturated heterocycles. The number of rotatable bonds is 5. The van der Waals surface area contributed by atoms with Gasteiger partial charge in [0.05, 0.1) is 7.11 Å². The number of benzene rings is 2. The van der Waals surface area contributed by atoms with Crippen LogP contribution in [0.1, 0.15) is 17.3 Å². The van der Waals surface area contributed by atoms with Gasteiger partial charge in [0.25, 0.3) is 5.91 Å². The minimum Gasteiger partial charge on any atom is -0.497 e. The number of hydrogen-bond donors (Lipinski definition) is 3. The average molecular weight is 313 g/mol. The van der Waals surface area contributed by atoms with Gasteiger partial charge in [-0.15, -0.1) is 0 Å². The Kier molecular flexibility index (Phi) is 5.57. The first-order valence-electron chi connectivity index (χ1n) is 7.22. The van der Waals surface area contributed by atoms with E-state index in [1.54, 1.807) is 55.6 Å². The predicted octanol–water partition coefficient (Wildman–Crippen LogP) is 3.09. The molecule has 2 rings (SSSR count). The summed E-state index contributed by atoms with van der Waals surface area (Å²) in [6.07, 6.45) is 0. The SMILES string of the molecule is CCNC(=O)c1ccc(NC(=O)Nc2cccc(OC)c2)cc1. The molecule has 0 atom stereocenters. The summed E-state index contributed by atoms with van der Waals surface area (Å²) in [5.74, 6) is 0.522. The minimum atomic E-state index is -0.371. The van der Waals surface area contributed by atoms with Gasteiger partial charge in [-0.3, -0.25) is 4.79 Å². The van der Waals surface area contributed by atoms with Crippen LogP contribution in [-0.4, -0.2) is 25.6 Å². The highest BCUT2D eigenvalue weighted by Gasteiger charge is 2.06. The van der Waals surface area contributed by atoms with E-state index in [1.165, 1.54) is 0 Å². The fourth-order valence-electron chi connectivity index (χ4n) is 1.96. The first-order chi connectivity index (χ1) is 11.1. The molecule has 0 spiro atoms. The summed E-state index contributed by atoms with van der Waals surface area (Å²) in [6.45, 7) is 2.43. The molecule has 0 unspecified atom stereocenters. The molecule has 3 amide bonds. The molecule has 0 bridgehead atoms. The third kappa shape index (κ3) is 4.74. The summed E-state index contributed by atoms with van der Waals surface area (Å²) >= 11 is 0. The maximum absolute atomic E-state index is 12.0. The first-order valence-corrected chi connectivity index (χ1v) is 7.22. The molecule has 0 heterocycles. The van der Waals surface area contributed by atoms with Crippen molar-refractivity contribution < 1.29 is 14.3 Å². The second-order valence-corrected chi connectivity index (χ2v) is 4.75. The lowest BCUT2D eigenvalue weighted by Gasteiger charge is -2.09. The third-order valence-electron chi connectivity index (χ3n) is 3.07. The average Bonchev–Trinajstić information content (AvgIpc) is 2.55. The molecule has 23 heavy (non-hydrogen) atoms. The molecule has 0 aromatic heterocycles. The summed E-state index contributed by atoms with van der Waals surface area (Å²) in [4.78, 5) is 23.6. The van der Waals surface area contributed by atoms with Crippen molar-refractivity contribution >= 4 is 23.3 Å². The smallest absolute Gasteiger partial charge is 0.323 e. The second kappa shape index (κ2) is 7.84. The molecule has 3 N–H and O–H groups in total. The Labute approximate surface area is 134 Å². The van der Waals surface area contributed by atoms with Crippen LogP contribution in [0, 0.1) is 0 Å². The fraction of sp³-hybridized carbons (Fsp3) is 0.176. The van der Waals surface area contributed by atoms with Gasteiger partial charge < -0.3 is 20.7 Å². The Morgan fingerprint density at radius 3 is 2.35 bits per heavy atom. The van der Waals surface area contributed by atoms with Gasteiger partial charge in [0, 0.05) is 29.5 Å². The lowest BCUT2D eigenvalue weighted by molar-refractivity contribution is 0.0956. The monoisotopic (exact) mass is 313 g/mol. The lowest BCUT2D eigenvalue weighted by Crippen LogP contribution is -2.22. The molecule has 120 valence electrons. The van der Waals surface area contributed by atoms with Crippen LogP contribution >= 0.6 is 0 Å². The van der Waals surface area contributed by atoms with E-state index in [9.17, 15) is 9.59 Å².